The second-order valence-corrected chi connectivity index (χ2v) is 5.43. The Hall–Kier alpha value is -0.910. The monoisotopic (exact) mass is 262 g/mol. The van der Waals surface area contributed by atoms with E-state index in [0.717, 1.165) is 6.42 Å². The first-order valence-electron chi connectivity index (χ1n) is 5.68. The molecule has 0 aliphatic heterocycles. The summed E-state index contributed by atoms with van der Waals surface area (Å²) in [5, 5.41) is 14.6. The van der Waals surface area contributed by atoms with E-state index >= 15 is 0 Å². The lowest BCUT2D eigenvalue weighted by Crippen LogP contribution is -2.45. The summed E-state index contributed by atoms with van der Waals surface area (Å²) in [5.41, 5.74) is 0. The third kappa shape index (κ3) is 7.10. The predicted molar refractivity (Wildman–Crippen MR) is 70.4 cm³/mol. The number of rotatable bonds is 7. The maximum atomic E-state index is 11.4. The van der Waals surface area contributed by atoms with Gasteiger partial charge in [-0.15, -0.1) is 0 Å². The molecule has 2 amide bonds. The molecule has 0 bridgehead atoms. The lowest BCUT2D eigenvalue weighted by molar-refractivity contribution is -0.141. The van der Waals surface area contributed by atoms with Crippen LogP contribution in [0.15, 0.2) is 0 Å². The van der Waals surface area contributed by atoms with Gasteiger partial charge in [0.25, 0.3) is 0 Å². The van der Waals surface area contributed by atoms with Gasteiger partial charge in [-0.1, -0.05) is 6.92 Å². The molecule has 0 spiro atoms. The van der Waals surface area contributed by atoms with Crippen molar-refractivity contribution in [2.75, 3.05) is 12.8 Å². The Morgan fingerprint density at radius 1 is 1.29 bits per heavy atom. The normalized spacial score (nSPS) is 15.8. The molecule has 0 rings (SSSR count). The third-order valence-corrected chi connectivity index (χ3v) is 3.78. The predicted octanol–water partition coefficient (Wildman–Crippen LogP) is 1.54. The van der Waals surface area contributed by atoms with Crippen LogP contribution in [0.2, 0.25) is 0 Å². The fraction of sp³-hybridized carbons (Fsp3) is 0.818. The number of hydrogen-bond donors (Lipinski definition) is 3. The summed E-state index contributed by atoms with van der Waals surface area (Å²) in [6.07, 6.45) is 2.93. The lowest BCUT2D eigenvalue weighted by atomic mass is 10.0. The number of carboxylic acids is 1. The second-order valence-electron chi connectivity index (χ2n) is 4.15. The van der Waals surface area contributed by atoms with E-state index in [9.17, 15) is 9.59 Å². The summed E-state index contributed by atoms with van der Waals surface area (Å²) in [4.78, 5) is 22.1. The van der Waals surface area contributed by atoms with Crippen molar-refractivity contribution in [2.24, 2.45) is 5.92 Å². The van der Waals surface area contributed by atoms with E-state index in [1.807, 2.05) is 6.26 Å². The van der Waals surface area contributed by atoms with Crippen LogP contribution < -0.4 is 10.6 Å². The number of carbonyl (C=O) groups excluding carboxylic acids is 1. The fourth-order valence-electron chi connectivity index (χ4n) is 1.10. The zero-order valence-electron chi connectivity index (χ0n) is 10.8. The molecule has 0 aliphatic rings. The van der Waals surface area contributed by atoms with Crippen molar-refractivity contribution < 1.29 is 14.7 Å². The fourth-order valence-corrected chi connectivity index (χ4v) is 1.46. The average Bonchev–Trinajstić information content (AvgIpc) is 2.27. The molecular weight excluding hydrogens is 240 g/mol. The number of amides is 2. The SMILES string of the molecule is CSC(C)CCNC(=O)NC(C)C(C)C(=O)O. The third-order valence-electron chi connectivity index (χ3n) is 2.74. The Morgan fingerprint density at radius 2 is 1.88 bits per heavy atom. The average molecular weight is 262 g/mol. The van der Waals surface area contributed by atoms with E-state index in [1.54, 1.807) is 25.6 Å². The zero-order valence-corrected chi connectivity index (χ0v) is 11.6. The Kier molecular flexibility index (Phi) is 7.78. The van der Waals surface area contributed by atoms with Gasteiger partial charge < -0.3 is 15.7 Å². The Balaban J connectivity index is 3.82. The van der Waals surface area contributed by atoms with E-state index in [1.165, 1.54) is 0 Å². The maximum Gasteiger partial charge on any atom is 0.315 e. The van der Waals surface area contributed by atoms with Crippen LogP contribution in [0.4, 0.5) is 4.79 Å². The van der Waals surface area contributed by atoms with Crippen molar-refractivity contribution >= 4 is 23.8 Å². The van der Waals surface area contributed by atoms with Gasteiger partial charge in [0, 0.05) is 17.8 Å². The largest absolute Gasteiger partial charge is 0.481 e. The lowest BCUT2D eigenvalue weighted by Gasteiger charge is -2.18. The van der Waals surface area contributed by atoms with Gasteiger partial charge >= 0.3 is 12.0 Å². The highest BCUT2D eigenvalue weighted by Crippen LogP contribution is 2.08. The molecule has 0 fully saturated rings. The van der Waals surface area contributed by atoms with Crippen LogP contribution in [0.3, 0.4) is 0 Å². The van der Waals surface area contributed by atoms with Crippen molar-refractivity contribution in [1.82, 2.24) is 10.6 Å². The van der Waals surface area contributed by atoms with E-state index in [2.05, 4.69) is 17.6 Å². The number of nitrogens with one attached hydrogen (secondary N) is 2. The summed E-state index contributed by atoms with van der Waals surface area (Å²) in [5.74, 6) is -1.50. The van der Waals surface area contributed by atoms with Crippen LogP contribution in [-0.4, -0.2) is 41.2 Å². The van der Waals surface area contributed by atoms with Gasteiger partial charge in [-0.2, -0.15) is 11.8 Å². The highest BCUT2D eigenvalue weighted by Gasteiger charge is 2.20. The molecule has 0 aromatic carbocycles. The van der Waals surface area contributed by atoms with Crippen LogP contribution in [-0.2, 0) is 4.79 Å². The molecule has 0 aromatic heterocycles. The summed E-state index contributed by atoms with van der Waals surface area (Å²) >= 11 is 1.75. The van der Waals surface area contributed by atoms with E-state index < -0.39 is 11.9 Å². The molecular formula is C11H22N2O3S. The number of hydrogen-bond acceptors (Lipinski definition) is 3. The van der Waals surface area contributed by atoms with Gasteiger partial charge in [-0.05, 0) is 26.5 Å². The first-order chi connectivity index (χ1) is 7.88. The minimum absolute atomic E-state index is 0.307. The molecule has 0 saturated carbocycles. The molecule has 0 heterocycles. The number of carbonyl (C=O) groups is 2. The van der Waals surface area contributed by atoms with Crippen molar-refractivity contribution in [3.63, 3.8) is 0 Å². The highest BCUT2D eigenvalue weighted by molar-refractivity contribution is 7.99. The van der Waals surface area contributed by atoms with Crippen molar-refractivity contribution in [1.29, 1.82) is 0 Å². The van der Waals surface area contributed by atoms with Crippen molar-refractivity contribution in [3.05, 3.63) is 0 Å². The first kappa shape index (κ1) is 16.1. The van der Waals surface area contributed by atoms with Gasteiger partial charge in [0.2, 0.25) is 0 Å². The Bertz CT molecular complexity index is 261. The van der Waals surface area contributed by atoms with Crippen LogP contribution in [0, 0.1) is 5.92 Å². The minimum Gasteiger partial charge on any atom is -0.481 e. The molecule has 17 heavy (non-hydrogen) atoms. The first-order valence-corrected chi connectivity index (χ1v) is 6.97. The zero-order chi connectivity index (χ0) is 13.4. The second kappa shape index (κ2) is 8.22. The van der Waals surface area contributed by atoms with Gasteiger partial charge in [0.1, 0.15) is 0 Å². The Labute approximate surface area is 107 Å². The van der Waals surface area contributed by atoms with Gasteiger partial charge in [-0.3, -0.25) is 4.79 Å². The van der Waals surface area contributed by atoms with Gasteiger partial charge in [0.05, 0.1) is 5.92 Å². The molecule has 3 atom stereocenters. The number of thioether (sulfide) groups is 1. The maximum absolute atomic E-state index is 11.4. The molecule has 0 saturated heterocycles. The summed E-state index contributed by atoms with van der Waals surface area (Å²) < 4.78 is 0. The molecule has 5 nitrogen and oxygen atoms in total. The summed E-state index contributed by atoms with van der Waals surface area (Å²) in [6.45, 7) is 5.95. The van der Waals surface area contributed by atoms with Crippen LogP contribution in [0.5, 0.6) is 0 Å². The molecule has 3 unspecified atom stereocenters. The number of aliphatic carboxylic acids is 1. The Morgan fingerprint density at radius 3 is 2.35 bits per heavy atom. The number of urea groups is 1. The molecule has 0 aliphatic carbocycles. The van der Waals surface area contributed by atoms with E-state index in [4.69, 9.17) is 5.11 Å². The van der Waals surface area contributed by atoms with Gasteiger partial charge in [0.15, 0.2) is 0 Å². The van der Waals surface area contributed by atoms with Crippen LogP contribution in [0.25, 0.3) is 0 Å². The highest BCUT2D eigenvalue weighted by atomic mass is 32.2. The number of carboxylic acid groups (broad SMARTS) is 1. The molecule has 100 valence electrons. The molecule has 6 heteroatoms. The topological polar surface area (TPSA) is 78.4 Å². The minimum atomic E-state index is -0.909. The molecule has 0 aromatic rings. The standard InChI is InChI=1S/C11H22N2O3S/c1-7(17-4)5-6-12-11(16)13-9(3)8(2)10(14)15/h7-9H,5-6H2,1-4H3,(H,14,15)(H2,12,13,16). The molecule has 3 N–H and O–H groups in total. The van der Waals surface area contributed by atoms with Gasteiger partial charge in [-0.25, -0.2) is 4.79 Å². The van der Waals surface area contributed by atoms with Crippen molar-refractivity contribution in [3.8, 4) is 0 Å². The summed E-state index contributed by atoms with van der Waals surface area (Å²) in [6, 6.07) is -0.690. The van der Waals surface area contributed by atoms with E-state index in [-0.39, 0.29) is 12.1 Å². The van der Waals surface area contributed by atoms with Crippen LogP contribution >= 0.6 is 11.8 Å². The van der Waals surface area contributed by atoms with E-state index in [0.29, 0.717) is 11.8 Å². The van der Waals surface area contributed by atoms with Crippen molar-refractivity contribution in [2.45, 2.75) is 38.5 Å². The summed E-state index contributed by atoms with van der Waals surface area (Å²) in [7, 11) is 0. The quantitative estimate of drug-likeness (QED) is 0.650. The smallest absolute Gasteiger partial charge is 0.315 e. The molecule has 0 radical (unpaired) electrons. The van der Waals surface area contributed by atoms with Crippen LogP contribution in [0.1, 0.15) is 27.2 Å².